The normalized spacial score (nSPS) is 17.4. The van der Waals surface area contributed by atoms with Crippen molar-refractivity contribution < 1.29 is 9.53 Å². The molecule has 0 spiro atoms. The average molecular weight is 269 g/mol. The second kappa shape index (κ2) is 5.59. The number of carbonyl (C=O) groups excluding carboxylic acids is 1. The number of hydrogen-bond donors (Lipinski definition) is 2. The Labute approximate surface area is 111 Å². The summed E-state index contributed by atoms with van der Waals surface area (Å²) in [7, 11) is 0. The number of benzene rings is 1. The third-order valence-electron chi connectivity index (χ3n) is 3.18. The van der Waals surface area contributed by atoms with E-state index in [4.69, 9.17) is 22.1 Å². The number of nitrogens with one attached hydrogen (secondary N) is 1. The fourth-order valence-electron chi connectivity index (χ4n) is 2.12. The van der Waals surface area contributed by atoms with Gasteiger partial charge in [0.15, 0.2) is 0 Å². The fourth-order valence-corrected chi connectivity index (χ4v) is 2.25. The van der Waals surface area contributed by atoms with Gasteiger partial charge in [0.2, 0.25) is 0 Å². The average Bonchev–Trinajstić information content (AvgIpc) is 2.78. The summed E-state index contributed by atoms with van der Waals surface area (Å²) < 4.78 is 5.16. The summed E-state index contributed by atoms with van der Waals surface area (Å²) in [5, 5.41) is 3.26. The van der Waals surface area contributed by atoms with Crippen LogP contribution in [0.3, 0.4) is 0 Å². The highest BCUT2D eigenvalue weighted by Crippen LogP contribution is 2.27. The standard InChI is InChI=1S/C13H17ClN2O2/c14-10-3-5-11(6-4-10)16-12(17)18-9-13(15)7-1-2-8-13/h3-6H,1-2,7-9,15H2,(H,16,17). The molecular formula is C13H17ClN2O2. The smallest absolute Gasteiger partial charge is 0.411 e. The van der Waals surface area contributed by atoms with Crippen molar-refractivity contribution in [1.29, 1.82) is 0 Å². The predicted octanol–water partition coefficient (Wildman–Crippen LogP) is 3.16. The molecule has 1 fully saturated rings. The first-order chi connectivity index (χ1) is 8.57. The molecule has 3 N–H and O–H groups in total. The molecule has 2 rings (SSSR count). The van der Waals surface area contributed by atoms with Crippen LogP contribution in [0.1, 0.15) is 25.7 Å². The van der Waals surface area contributed by atoms with Gasteiger partial charge in [-0.1, -0.05) is 24.4 Å². The summed E-state index contributed by atoms with van der Waals surface area (Å²) in [4.78, 5) is 11.6. The Hall–Kier alpha value is -1.26. The van der Waals surface area contributed by atoms with E-state index in [1.54, 1.807) is 24.3 Å². The van der Waals surface area contributed by atoms with Gasteiger partial charge in [0.25, 0.3) is 0 Å². The minimum atomic E-state index is -0.478. The molecule has 0 radical (unpaired) electrons. The number of amides is 1. The molecule has 0 atom stereocenters. The Morgan fingerprint density at radius 1 is 1.33 bits per heavy atom. The highest BCUT2D eigenvalue weighted by Gasteiger charge is 2.30. The van der Waals surface area contributed by atoms with Gasteiger partial charge in [0.1, 0.15) is 6.61 Å². The Bertz CT molecular complexity index is 414. The highest BCUT2D eigenvalue weighted by atomic mass is 35.5. The van der Waals surface area contributed by atoms with E-state index in [9.17, 15) is 4.79 Å². The van der Waals surface area contributed by atoms with E-state index < -0.39 is 6.09 Å². The Kier molecular flexibility index (Phi) is 4.09. The largest absolute Gasteiger partial charge is 0.447 e. The van der Waals surface area contributed by atoms with Crippen LogP contribution >= 0.6 is 11.6 Å². The second-order valence-electron chi connectivity index (χ2n) is 4.78. The van der Waals surface area contributed by atoms with Gasteiger partial charge in [0.05, 0.1) is 5.54 Å². The molecule has 98 valence electrons. The second-order valence-corrected chi connectivity index (χ2v) is 5.21. The van der Waals surface area contributed by atoms with Crippen LogP contribution in [-0.2, 0) is 4.74 Å². The first-order valence-electron chi connectivity index (χ1n) is 6.06. The number of carbonyl (C=O) groups is 1. The van der Waals surface area contributed by atoms with E-state index in [0.29, 0.717) is 10.7 Å². The number of rotatable bonds is 3. The van der Waals surface area contributed by atoms with Crippen LogP contribution in [-0.4, -0.2) is 18.2 Å². The van der Waals surface area contributed by atoms with Crippen LogP contribution < -0.4 is 11.1 Å². The summed E-state index contributed by atoms with van der Waals surface area (Å²) in [6.45, 7) is 0.270. The van der Waals surface area contributed by atoms with Crippen molar-refractivity contribution in [3.8, 4) is 0 Å². The zero-order valence-electron chi connectivity index (χ0n) is 10.1. The molecule has 1 saturated carbocycles. The lowest BCUT2D eigenvalue weighted by Crippen LogP contribution is -2.42. The van der Waals surface area contributed by atoms with Crippen LogP contribution in [0.25, 0.3) is 0 Å². The van der Waals surface area contributed by atoms with Crippen molar-refractivity contribution in [3.05, 3.63) is 29.3 Å². The van der Waals surface area contributed by atoms with Crippen molar-refractivity contribution >= 4 is 23.4 Å². The molecule has 0 saturated heterocycles. The molecule has 0 heterocycles. The molecule has 1 aromatic rings. The number of anilines is 1. The van der Waals surface area contributed by atoms with Gasteiger partial charge in [-0.3, -0.25) is 5.32 Å². The van der Waals surface area contributed by atoms with Gasteiger partial charge in [-0.05, 0) is 37.1 Å². The van der Waals surface area contributed by atoms with E-state index in [0.717, 1.165) is 25.7 Å². The minimum Gasteiger partial charge on any atom is -0.447 e. The first-order valence-corrected chi connectivity index (χ1v) is 6.43. The molecule has 0 aliphatic heterocycles. The lowest BCUT2D eigenvalue weighted by atomic mass is 10.0. The maximum Gasteiger partial charge on any atom is 0.411 e. The van der Waals surface area contributed by atoms with Crippen molar-refractivity contribution in [2.45, 2.75) is 31.2 Å². The summed E-state index contributed by atoms with van der Waals surface area (Å²) in [5.74, 6) is 0. The lowest BCUT2D eigenvalue weighted by molar-refractivity contribution is 0.130. The summed E-state index contributed by atoms with van der Waals surface area (Å²) in [5.41, 5.74) is 6.42. The van der Waals surface area contributed by atoms with Crippen LogP contribution in [0.5, 0.6) is 0 Å². The van der Waals surface area contributed by atoms with Crippen molar-refractivity contribution in [2.24, 2.45) is 5.73 Å². The summed E-state index contributed by atoms with van der Waals surface area (Å²) in [6, 6.07) is 6.85. The Balaban J connectivity index is 1.80. The number of ether oxygens (including phenoxy) is 1. The molecule has 1 aromatic carbocycles. The molecule has 0 bridgehead atoms. The third kappa shape index (κ3) is 3.62. The quantitative estimate of drug-likeness (QED) is 0.885. The van der Waals surface area contributed by atoms with E-state index in [2.05, 4.69) is 5.32 Å². The van der Waals surface area contributed by atoms with Gasteiger partial charge in [-0.25, -0.2) is 4.79 Å². The molecule has 18 heavy (non-hydrogen) atoms. The van der Waals surface area contributed by atoms with Crippen molar-refractivity contribution in [1.82, 2.24) is 0 Å². The molecular weight excluding hydrogens is 252 g/mol. The topological polar surface area (TPSA) is 64.3 Å². The van der Waals surface area contributed by atoms with Crippen LogP contribution in [0.15, 0.2) is 24.3 Å². The fraction of sp³-hybridized carbons (Fsp3) is 0.462. The van der Waals surface area contributed by atoms with E-state index in [-0.39, 0.29) is 12.1 Å². The van der Waals surface area contributed by atoms with Gasteiger partial charge >= 0.3 is 6.09 Å². The molecule has 1 aliphatic carbocycles. The third-order valence-corrected chi connectivity index (χ3v) is 3.43. The minimum absolute atomic E-state index is 0.270. The highest BCUT2D eigenvalue weighted by molar-refractivity contribution is 6.30. The maximum atomic E-state index is 11.6. The summed E-state index contributed by atoms with van der Waals surface area (Å²) in [6.07, 6.45) is 3.58. The number of halogens is 1. The van der Waals surface area contributed by atoms with Crippen molar-refractivity contribution in [3.63, 3.8) is 0 Å². The zero-order chi connectivity index (χ0) is 13.0. The van der Waals surface area contributed by atoms with Gasteiger partial charge < -0.3 is 10.5 Å². The van der Waals surface area contributed by atoms with Gasteiger partial charge in [-0.2, -0.15) is 0 Å². The molecule has 5 heteroatoms. The van der Waals surface area contributed by atoms with E-state index in [1.807, 2.05) is 0 Å². The predicted molar refractivity (Wildman–Crippen MR) is 71.8 cm³/mol. The van der Waals surface area contributed by atoms with Crippen LogP contribution in [0.2, 0.25) is 5.02 Å². The Morgan fingerprint density at radius 3 is 2.56 bits per heavy atom. The SMILES string of the molecule is NC1(COC(=O)Nc2ccc(Cl)cc2)CCCC1. The molecule has 1 aliphatic rings. The molecule has 1 amide bonds. The first kappa shape index (κ1) is 13.2. The number of nitrogens with two attached hydrogens (primary N) is 1. The van der Waals surface area contributed by atoms with E-state index in [1.165, 1.54) is 0 Å². The maximum absolute atomic E-state index is 11.6. The number of hydrogen-bond acceptors (Lipinski definition) is 3. The monoisotopic (exact) mass is 268 g/mol. The van der Waals surface area contributed by atoms with Crippen molar-refractivity contribution in [2.75, 3.05) is 11.9 Å². The van der Waals surface area contributed by atoms with Crippen LogP contribution in [0.4, 0.5) is 10.5 Å². The molecule has 0 unspecified atom stereocenters. The summed E-state index contributed by atoms with van der Waals surface area (Å²) >= 11 is 5.75. The van der Waals surface area contributed by atoms with Gasteiger partial charge in [-0.15, -0.1) is 0 Å². The van der Waals surface area contributed by atoms with E-state index >= 15 is 0 Å². The zero-order valence-corrected chi connectivity index (χ0v) is 10.9. The van der Waals surface area contributed by atoms with Crippen LogP contribution in [0, 0.1) is 0 Å². The molecule has 4 nitrogen and oxygen atoms in total. The molecule has 0 aromatic heterocycles. The van der Waals surface area contributed by atoms with Gasteiger partial charge in [0, 0.05) is 10.7 Å². The Morgan fingerprint density at radius 2 is 1.94 bits per heavy atom. The lowest BCUT2D eigenvalue weighted by Gasteiger charge is -2.22.